The van der Waals surface area contributed by atoms with E-state index in [1.54, 1.807) is 6.07 Å². The van der Waals surface area contributed by atoms with E-state index in [1.165, 1.54) is 12.1 Å². The van der Waals surface area contributed by atoms with E-state index in [4.69, 9.17) is 11.0 Å². The Morgan fingerprint density at radius 1 is 1.56 bits per heavy atom. The van der Waals surface area contributed by atoms with Gasteiger partial charge in [0, 0.05) is 19.1 Å². The number of likely N-dealkylation sites (tertiary alicyclic amines) is 1. The van der Waals surface area contributed by atoms with Crippen molar-refractivity contribution in [3.8, 4) is 6.07 Å². The standard InChI is InChI=1S/C14H18FN3/c1-10-8-18(5-4-14(10)17)9-12-6-13(15)3-2-11(12)7-16/h2-3,6,10,14H,4-5,8-9,17H2,1H3. The predicted octanol–water partition coefficient (Wildman–Crippen LogP) is 1.87. The molecule has 0 saturated carbocycles. The van der Waals surface area contributed by atoms with Crippen molar-refractivity contribution in [3.63, 3.8) is 0 Å². The Kier molecular flexibility index (Phi) is 3.95. The van der Waals surface area contributed by atoms with E-state index < -0.39 is 0 Å². The van der Waals surface area contributed by atoms with Crippen LogP contribution in [0.25, 0.3) is 0 Å². The normalized spacial score (nSPS) is 24.8. The van der Waals surface area contributed by atoms with Gasteiger partial charge in [-0.1, -0.05) is 6.92 Å². The Morgan fingerprint density at radius 3 is 3.00 bits per heavy atom. The van der Waals surface area contributed by atoms with Crippen LogP contribution in [0.1, 0.15) is 24.5 Å². The number of nitriles is 1. The molecule has 4 heteroatoms. The number of nitrogens with zero attached hydrogens (tertiary/aromatic N) is 2. The van der Waals surface area contributed by atoms with Crippen LogP contribution in [0.15, 0.2) is 18.2 Å². The van der Waals surface area contributed by atoms with Crippen LogP contribution in [-0.4, -0.2) is 24.0 Å². The molecule has 3 nitrogen and oxygen atoms in total. The zero-order valence-electron chi connectivity index (χ0n) is 10.6. The molecule has 2 N–H and O–H groups in total. The molecule has 1 fully saturated rings. The molecule has 1 aromatic rings. The first-order valence-corrected chi connectivity index (χ1v) is 6.26. The van der Waals surface area contributed by atoms with Gasteiger partial charge in [-0.25, -0.2) is 4.39 Å². The zero-order valence-corrected chi connectivity index (χ0v) is 10.6. The van der Waals surface area contributed by atoms with Gasteiger partial charge in [0.15, 0.2) is 0 Å². The Bertz CT molecular complexity index is 467. The predicted molar refractivity (Wildman–Crippen MR) is 68.1 cm³/mol. The van der Waals surface area contributed by atoms with Crippen LogP contribution < -0.4 is 5.73 Å². The Balaban J connectivity index is 2.10. The highest BCUT2D eigenvalue weighted by molar-refractivity contribution is 5.37. The minimum absolute atomic E-state index is 0.254. The number of benzene rings is 1. The smallest absolute Gasteiger partial charge is 0.123 e. The summed E-state index contributed by atoms with van der Waals surface area (Å²) in [6.45, 7) is 4.57. The average molecular weight is 247 g/mol. The molecule has 1 aliphatic heterocycles. The molecule has 1 saturated heterocycles. The summed E-state index contributed by atoms with van der Waals surface area (Å²) in [5.41, 5.74) is 7.29. The third kappa shape index (κ3) is 2.87. The van der Waals surface area contributed by atoms with Crippen molar-refractivity contribution >= 4 is 0 Å². The summed E-state index contributed by atoms with van der Waals surface area (Å²) in [6, 6.07) is 6.70. The lowest BCUT2D eigenvalue weighted by atomic mass is 9.94. The molecule has 0 aromatic heterocycles. The first-order valence-electron chi connectivity index (χ1n) is 6.26. The van der Waals surface area contributed by atoms with Crippen LogP contribution in [0, 0.1) is 23.1 Å². The van der Waals surface area contributed by atoms with Crippen molar-refractivity contribution in [2.75, 3.05) is 13.1 Å². The van der Waals surface area contributed by atoms with Gasteiger partial charge in [0.1, 0.15) is 5.82 Å². The van der Waals surface area contributed by atoms with Crippen molar-refractivity contribution in [1.29, 1.82) is 5.26 Å². The summed E-state index contributed by atoms with van der Waals surface area (Å²) in [7, 11) is 0. The molecular weight excluding hydrogens is 229 g/mol. The number of rotatable bonds is 2. The summed E-state index contributed by atoms with van der Waals surface area (Å²) in [5.74, 6) is 0.156. The molecule has 0 amide bonds. The molecule has 2 unspecified atom stereocenters. The van der Waals surface area contributed by atoms with E-state index in [9.17, 15) is 4.39 Å². The van der Waals surface area contributed by atoms with Crippen LogP contribution in [0.2, 0.25) is 0 Å². The van der Waals surface area contributed by atoms with Gasteiger partial charge in [0.05, 0.1) is 11.6 Å². The summed E-state index contributed by atoms with van der Waals surface area (Å²) < 4.78 is 13.2. The molecule has 0 bridgehead atoms. The highest BCUT2D eigenvalue weighted by atomic mass is 19.1. The number of piperidine rings is 1. The minimum atomic E-state index is -0.286. The van der Waals surface area contributed by atoms with Gasteiger partial charge in [0.25, 0.3) is 0 Å². The average Bonchev–Trinajstić information content (AvgIpc) is 2.34. The lowest BCUT2D eigenvalue weighted by molar-refractivity contribution is 0.157. The van der Waals surface area contributed by atoms with E-state index in [-0.39, 0.29) is 11.9 Å². The number of halogens is 1. The van der Waals surface area contributed by atoms with Crippen molar-refractivity contribution in [1.82, 2.24) is 4.90 Å². The quantitative estimate of drug-likeness (QED) is 0.868. The first kappa shape index (κ1) is 13.0. The fourth-order valence-corrected chi connectivity index (χ4v) is 2.44. The van der Waals surface area contributed by atoms with Crippen molar-refractivity contribution in [2.24, 2.45) is 11.7 Å². The lowest BCUT2D eigenvalue weighted by Gasteiger charge is -2.35. The fraction of sp³-hybridized carbons (Fsp3) is 0.500. The van der Waals surface area contributed by atoms with Crippen LogP contribution in [0.5, 0.6) is 0 Å². The molecule has 18 heavy (non-hydrogen) atoms. The zero-order chi connectivity index (χ0) is 13.1. The summed E-state index contributed by atoms with van der Waals surface area (Å²) in [5, 5.41) is 9.02. The maximum Gasteiger partial charge on any atom is 0.123 e. The van der Waals surface area contributed by atoms with Crippen LogP contribution in [-0.2, 0) is 6.54 Å². The van der Waals surface area contributed by atoms with E-state index in [0.29, 0.717) is 18.0 Å². The largest absolute Gasteiger partial charge is 0.327 e. The maximum absolute atomic E-state index is 13.2. The SMILES string of the molecule is CC1CN(Cc2cc(F)ccc2C#N)CCC1N. The van der Waals surface area contributed by atoms with Crippen LogP contribution >= 0.6 is 0 Å². The Labute approximate surface area is 107 Å². The second-order valence-electron chi connectivity index (χ2n) is 5.08. The third-order valence-electron chi connectivity index (χ3n) is 3.64. The molecule has 0 radical (unpaired) electrons. The van der Waals surface area contributed by atoms with Gasteiger partial charge in [-0.15, -0.1) is 0 Å². The van der Waals surface area contributed by atoms with Crippen molar-refractivity contribution in [2.45, 2.75) is 25.9 Å². The van der Waals surface area contributed by atoms with Crippen molar-refractivity contribution in [3.05, 3.63) is 35.1 Å². The van der Waals surface area contributed by atoms with Gasteiger partial charge in [-0.05, 0) is 42.6 Å². The monoisotopic (exact) mass is 247 g/mol. The van der Waals surface area contributed by atoms with Gasteiger partial charge >= 0.3 is 0 Å². The third-order valence-corrected chi connectivity index (χ3v) is 3.64. The summed E-state index contributed by atoms with van der Waals surface area (Å²) in [4.78, 5) is 2.24. The molecule has 96 valence electrons. The lowest BCUT2D eigenvalue weighted by Crippen LogP contribution is -2.45. The molecule has 2 atom stereocenters. The van der Waals surface area contributed by atoms with E-state index in [1.807, 2.05) is 0 Å². The van der Waals surface area contributed by atoms with Gasteiger partial charge < -0.3 is 5.73 Å². The number of hydrogen-bond donors (Lipinski definition) is 1. The minimum Gasteiger partial charge on any atom is -0.327 e. The summed E-state index contributed by atoms with van der Waals surface area (Å²) in [6.07, 6.45) is 0.957. The van der Waals surface area contributed by atoms with Crippen LogP contribution in [0.3, 0.4) is 0 Å². The first-order chi connectivity index (χ1) is 8.60. The second-order valence-corrected chi connectivity index (χ2v) is 5.08. The molecule has 1 aliphatic rings. The maximum atomic E-state index is 13.2. The molecule has 0 aliphatic carbocycles. The van der Waals surface area contributed by atoms with Gasteiger partial charge in [-0.2, -0.15) is 5.26 Å². The molecular formula is C14H18FN3. The van der Waals surface area contributed by atoms with Gasteiger partial charge in [-0.3, -0.25) is 4.90 Å². The van der Waals surface area contributed by atoms with Gasteiger partial charge in [0.2, 0.25) is 0 Å². The molecule has 0 spiro atoms. The van der Waals surface area contributed by atoms with Crippen molar-refractivity contribution < 1.29 is 4.39 Å². The topological polar surface area (TPSA) is 53.0 Å². The molecule has 1 heterocycles. The number of hydrogen-bond acceptors (Lipinski definition) is 3. The van der Waals surface area contributed by atoms with E-state index in [0.717, 1.165) is 25.1 Å². The second kappa shape index (κ2) is 5.47. The fourth-order valence-electron chi connectivity index (χ4n) is 2.44. The highest BCUT2D eigenvalue weighted by Gasteiger charge is 2.23. The van der Waals surface area contributed by atoms with E-state index in [2.05, 4.69) is 17.9 Å². The molecule has 1 aromatic carbocycles. The highest BCUT2D eigenvalue weighted by Crippen LogP contribution is 2.19. The molecule has 2 rings (SSSR count). The van der Waals surface area contributed by atoms with E-state index >= 15 is 0 Å². The Morgan fingerprint density at radius 2 is 2.33 bits per heavy atom. The number of nitrogens with two attached hydrogens (primary N) is 1. The Hall–Kier alpha value is -1.44. The van der Waals surface area contributed by atoms with Crippen LogP contribution in [0.4, 0.5) is 4.39 Å². The summed E-state index contributed by atoms with van der Waals surface area (Å²) >= 11 is 0.